The molecule has 1 aromatic heterocycles. The first-order valence-electron chi connectivity index (χ1n) is 7.53. The Morgan fingerprint density at radius 2 is 1.82 bits per heavy atom. The number of thiophene rings is 1. The van der Waals surface area contributed by atoms with E-state index in [2.05, 4.69) is 47.9 Å². The fraction of sp³-hybridized carbons (Fsp3) is 0.100. The van der Waals surface area contributed by atoms with Gasteiger partial charge in [-0.2, -0.15) is 0 Å². The maximum Gasteiger partial charge on any atom is 0.0319 e. The van der Waals surface area contributed by atoms with Gasteiger partial charge in [-0.05, 0) is 70.3 Å². The molecule has 4 rings (SSSR count). The first-order chi connectivity index (χ1) is 10.8. The number of aryl methyl sites for hydroxylation is 2. The van der Waals surface area contributed by atoms with E-state index in [1.165, 1.54) is 27.1 Å². The first-order valence-corrected chi connectivity index (χ1v) is 8.41. The minimum Gasteiger partial charge on any atom is -0.399 e. The van der Waals surface area contributed by atoms with Gasteiger partial charge in [-0.25, -0.2) is 0 Å². The second-order valence-corrected chi connectivity index (χ2v) is 6.64. The number of hydrogen-bond donors (Lipinski definition) is 1. The van der Waals surface area contributed by atoms with Crippen molar-refractivity contribution in [2.24, 2.45) is 0 Å². The van der Waals surface area contributed by atoms with E-state index in [4.69, 9.17) is 5.73 Å². The molecule has 0 amide bonds. The molecule has 1 aliphatic carbocycles. The van der Waals surface area contributed by atoms with Crippen molar-refractivity contribution in [3.63, 3.8) is 0 Å². The average Bonchev–Trinajstić information content (AvgIpc) is 2.94. The largest absolute Gasteiger partial charge is 0.399 e. The summed E-state index contributed by atoms with van der Waals surface area (Å²) in [4.78, 5) is 1.48. The molecule has 0 bridgehead atoms. The van der Waals surface area contributed by atoms with Crippen molar-refractivity contribution in [1.82, 2.24) is 0 Å². The van der Waals surface area contributed by atoms with E-state index in [0.717, 1.165) is 24.1 Å². The molecule has 0 spiro atoms. The van der Waals surface area contributed by atoms with Gasteiger partial charge in [0.25, 0.3) is 0 Å². The highest BCUT2D eigenvalue weighted by Gasteiger charge is 2.18. The van der Waals surface area contributed by atoms with Crippen LogP contribution in [0.15, 0.2) is 60.0 Å². The zero-order chi connectivity index (χ0) is 14.9. The quantitative estimate of drug-likeness (QED) is 0.628. The van der Waals surface area contributed by atoms with Crippen LogP contribution in [0.5, 0.6) is 0 Å². The molecule has 0 atom stereocenters. The molecule has 108 valence electrons. The van der Waals surface area contributed by atoms with Crippen molar-refractivity contribution in [2.45, 2.75) is 12.8 Å². The summed E-state index contributed by atoms with van der Waals surface area (Å²) in [6.07, 6.45) is 4.50. The molecule has 1 nitrogen and oxygen atoms in total. The Bertz CT molecular complexity index is 857. The third-order valence-corrected chi connectivity index (χ3v) is 5.17. The summed E-state index contributed by atoms with van der Waals surface area (Å²) in [6.45, 7) is 0. The lowest BCUT2D eigenvalue weighted by Crippen LogP contribution is -1.92. The molecule has 0 aliphatic heterocycles. The second-order valence-electron chi connectivity index (χ2n) is 5.64. The van der Waals surface area contributed by atoms with E-state index in [1.54, 1.807) is 0 Å². The van der Waals surface area contributed by atoms with Crippen LogP contribution in [0.3, 0.4) is 0 Å². The summed E-state index contributed by atoms with van der Waals surface area (Å²) < 4.78 is 0. The average molecular weight is 303 g/mol. The molecule has 1 heterocycles. The number of nitrogen functional groups attached to an aromatic ring is 1. The van der Waals surface area contributed by atoms with Crippen LogP contribution in [0.4, 0.5) is 5.69 Å². The smallest absolute Gasteiger partial charge is 0.0319 e. The third kappa shape index (κ3) is 2.36. The normalized spacial score (nSPS) is 15.2. The molecule has 3 aromatic rings. The molecule has 1 aliphatic rings. The van der Waals surface area contributed by atoms with Gasteiger partial charge in [-0.3, -0.25) is 0 Å². The highest BCUT2D eigenvalue weighted by molar-refractivity contribution is 7.10. The van der Waals surface area contributed by atoms with Crippen molar-refractivity contribution in [3.8, 4) is 0 Å². The van der Waals surface area contributed by atoms with Gasteiger partial charge in [0.2, 0.25) is 0 Å². The van der Waals surface area contributed by atoms with Gasteiger partial charge in [-0.15, -0.1) is 11.3 Å². The lowest BCUT2D eigenvalue weighted by Gasteiger charge is -2.10. The molecular weight excluding hydrogens is 286 g/mol. The topological polar surface area (TPSA) is 26.0 Å². The van der Waals surface area contributed by atoms with Crippen LogP contribution >= 0.6 is 11.3 Å². The number of nitrogens with two attached hydrogens (primary N) is 1. The predicted molar refractivity (Wildman–Crippen MR) is 96.0 cm³/mol. The highest BCUT2D eigenvalue weighted by Crippen LogP contribution is 2.37. The van der Waals surface area contributed by atoms with E-state index in [9.17, 15) is 0 Å². The van der Waals surface area contributed by atoms with Crippen molar-refractivity contribution >= 4 is 28.7 Å². The number of hydrogen-bond acceptors (Lipinski definition) is 2. The Balaban J connectivity index is 1.95. The molecule has 2 heteroatoms. The van der Waals surface area contributed by atoms with Crippen LogP contribution in [0.2, 0.25) is 0 Å². The molecule has 0 saturated heterocycles. The van der Waals surface area contributed by atoms with Gasteiger partial charge in [0.05, 0.1) is 0 Å². The third-order valence-electron chi connectivity index (χ3n) is 4.19. The fourth-order valence-electron chi connectivity index (χ4n) is 3.14. The van der Waals surface area contributed by atoms with Crippen molar-refractivity contribution in [1.29, 1.82) is 0 Å². The maximum absolute atomic E-state index is 5.94. The second kappa shape index (κ2) is 5.47. The molecule has 2 aromatic carbocycles. The summed E-state index contributed by atoms with van der Waals surface area (Å²) in [5.74, 6) is 0. The Labute approximate surface area is 134 Å². The minimum absolute atomic E-state index is 0.807. The number of rotatable bonds is 1. The van der Waals surface area contributed by atoms with E-state index in [-0.39, 0.29) is 0 Å². The molecule has 0 fully saturated rings. The molecule has 2 N–H and O–H groups in total. The summed E-state index contributed by atoms with van der Waals surface area (Å²) in [5.41, 5.74) is 13.4. The summed E-state index contributed by atoms with van der Waals surface area (Å²) in [5, 5.41) is 2.20. The lowest BCUT2D eigenvalue weighted by molar-refractivity contribution is 0.985. The van der Waals surface area contributed by atoms with Crippen LogP contribution in [0, 0.1) is 0 Å². The zero-order valence-corrected chi connectivity index (χ0v) is 13.1. The van der Waals surface area contributed by atoms with Gasteiger partial charge in [0, 0.05) is 10.6 Å². The number of benzene rings is 2. The maximum atomic E-state index is 5.94. The van der Waals surface area contributed by atoms with Gasteiger partial charge in [0.1, 0.15) is 0 Å². The Morgan fingerprint density at radius 1 is 0.909 bits per heavy atom. The SMILES string of the molecule is Nc1cccc(/C=C2\c3ccccc3CCc3sccc32)c1. The van der Waals surface area contributed by atoms with Crippen LogP contribution < -0.4 is 5.73 Å². The van der Waals surface area contributed by atoms with Gasteiger partial charge >= 0.3 is 0 Å². The van der Waals surface area contributed by atoms with E-state index < -0.39 is 0 Å². The van der Waals surface area contributed by atoms with E-state index >= 15 is 0 Å². The summed E-state index contributed by atoms with van der Waals surface area (Å²) in [6, 6.07) is 19.1. The van der Waals surface area contributed by atoms with Crippen molar-refractivity contribution in [2.75, 3.05) is 5.73 Å². The van der Waals surface area contributed by atoms with Gasteiger partial charge < -0.3 is 5.73 Å². The van der Waals surface area contributed by atoms with Crippen LogP contribution in [0.25, 0.3) is 11.6 Å². The van der Waals surface area contributed by atoms with Crippen LogP contribution in [-0.2, 0) is 12.8 Å². The standard InChI is InChI=1S/C20H17NS/c21-16-6-3-4-14(12-16)13-19-17-7-2-1-5-15(17)8-9-20-18(19)10-11-22-20/h1-7,10-13H,8-9,21H2/b19-13+. The Morgan fingerprint density at radius 3 is 2.73 bits per heavy atom. The van der Waals surface area contributed by atoms with Crippen LogP contribution in [0.1, 0.15) is 27.1 Å². The van der Waals surface area contributed by atoms with Crippen molar-refractivity contribution < 1.29 is 0 Å². The van der Waals surface area contributed by atoms with E-state index in [0.29, 0.717) is 0 Å². The zero-order valence-electron chi connectivity index (χ0n) is 12.3. The monoisotopic (exact) mass is 303 g/mol. The Hall–Kier alpha value is -2.32. The Kier molecular flexibility index (Phi) is 3.32. The first kappa shape index (κ1) is 13.4. The fourth-order valence-corrected chi connectivity index (χ4v) is 4.03. The predicted octanol–water partition coefficient (Wildman–Crippen LogP) is 5.02. The van der Waals surface area contributed by atoms with Crippen molar-refractivity contribution in [3.05, 3.63) is 87.1 Å². The molecule has 22 heavy (non-hydrogen) atoms. The number of fused-ring (bicyclic) bond motifs is 2. The lowest BCUT2D eigenvalue weighted by atomic mass is 9.94. The van der Waals surface area contributed by atoms with Gasteiger partial charge in [0.15, 0.2) is 0 Å². The van der Waals surface area contributed by atoms with Gasteiger partial charge in [-0.1, -0.05) is 36.4 Å². The summed E-state index contributed by atoms with van der Waals surface area (Å²) >= 11 is 1.86. The molecule has 0 radical (unpaired) electrons. The molecular formula is C20H17NS. The van der Waals surface area contributed by atoms with Crippen LogP contribution in [-0.4, -0.2) is 0 Å². The summed E-state index contributed by atoms with van der Waals surface area (Å²) in [7, 11) is 0. The number of anilines is 1. The molecule has 0 unspecified atom stereocenters. The molecule has 0 saturated carbocycles. The minimum atomic E-state index is 0.807. The highest BCUT2D eigenvalue weighted by atomic mass is 32.1. The van der Waals surface area contributed by atoms with E-state index in [1.807, 2.05) is 29.5 Å².